The number of rotatable bonds is 11. The summed E-state index contributed by atoms with van der Waals surface area (Å²) in [6, 6.07) is 8.30. The zero-order valence-electron chi connectivity index (χ0n) is 17.6. The highest BCUT2D eigenvalue weighted by Crippen LogP contribution is 2.13. The molecule has 0 radical (unpaired) electrons. The van der Waals surface area contributed by atoms with Gasteiger partial charge in [0.1, 0.15) is 17.9 Å². The van der Waals surface area contributed by atoms with Gasteiger partial charge in [-0.25, -0.2) is 0 Å². The van der Waals surface area contributed by atoms with Gasteiger partial charge >= 0.3 is 0 Å². The molecule has 2 rings (SSSR count). The molecule has 2 aromatic rings. The number of nitrogens with one attached hydrogen (secondary N) is 2. The molecule has 0 saturated carbocycles. The number of aliphatic imine (C=N–C) groups is 1. The van der Waals surface area contributed by atoms with E-state index in [1.807, 2.05) is 12.1 Å². The molecular formula is C21H34N6O. The molecule has 0 spiro atoms. The van der Waals surface area contributed by atoms with E-state index in [0.717, 1.165) is 63.2 Å². The highest BCUT2D eigenvalue weighted by atomic mass is 16.5. The Morgan fingerprint density at radius 2 is 1.96 bits per heavy atom. The van der Waals surface area contributed by atoms with Crippen molar-refractivity contribution in [3.63, 3.8) is 0 Å². The molecule has 0 aliphatic carbocycles. The number of benzene rings is 1. The van der Waals surface area contributed by atoms with Crippen molar-refractivity contribution in [3.05, 3.63) is 42.0 Å². The maximum atomic E-state index is 5.73. The van der Waals surface area contributed by atoms with Crippen LogP contribution >= 0.6 is 0 Å². The van der Waals surface area contributed by atoms with Crippen molar-refractivity contribution in [2.75, 3.05) is 26.2 Å². The van der Waals surface area contributed by atoms with Crippen LogP contribution in [0.1, 0.15) is 39.1 Å². The summed E-state index contributed by atoms with van der Waals surface area (Å²) in [5, 5.41) is 14.7. The van der Waals surface area contributed by atoms with Crippen molar-refractivity contribution in [2.24, 2.45) is 10.9 Å². The van der Waals surface area contributed by atoms with Gasteiger partial charge in [-0.3, -0.25) is 4.99 Å². The van der Waals surface area contributed by atoms with Crippen LogP contribution in [0.25, 0.3) is 0 Å². The third-order valence-electron chi connectivity index (χ3n) is 4.18. The van der Waals surface area contributed by atoms with Gasteiger partial charge in [0.2, 0.25) is 0 Å². The van der Waals surface area contributed by atoms with Crippen LogP contribution in [-0.2, 0) is 19.4 Å². The molecule has 1 aromatic heterocycles. The van der Waals surface area contributed by atoms with Crippen LogP contribution < -0.4 is 15.4 Å². The second-order valence-corrected chi connectivity index (χ2v) is 7.08. The van der Waals surface area contributed by atoms with Gasteiger partial charge in [-0.2, -0.15) is 0 Å². The molecule has 0 saturated heterocycles. The maximum absolute atomic E-state index is 5.73. The van der Waals surface area contributed by atoms with Gasteiger partial charge in [0.25, 0.3) is 0 Å². The predicted molar refractivity (Wildman–Crippen MR) is 114 cm³/mol. The summed E-state index contributed by atoms with van der Waals surface area (Å²) in [4.78, 5) is 4.67. The molecule has 0 amide bonds. The number of ether oxygens (including phenoxy) is 1. The largest absolute Gasteiger partial charge is 0.493 e. The van der Waals surface area contributed by atoms with Crippen LogP contribution in [0.4, 0.5) is 0 Å². The molecule has 7 nitrogen and oxygen atoms in total. The van der Waals surface area contributed by atoms with E-state index in [1.54, 1.807) is 6.33 Å². The summed E-state index contributed by atoms with van der Waals surface area (Å²) in [6.07, 6.45) is 3.56. The second kappa shape index (κ2) is 12.0. The van der Waals surface area contributed by atoms with E-state index >= 15 is 0 Å². The Kier molecular flexibility index (Phi) is 9.31. The fourth-order valence-corrected chi connectivity index (χ4v) is 2.69. The molecule has 2 N–H and O–H groups in total. The number of guanidine groups is 1. The maximum Gasteiger partial charge on any atom is 0.191 e. The van der Waals surface area contributed by atoms with Gasteiger partial charge in [0.15, 0.2) is 5.96 Å². The molecular weight excluding hydrogens is 352 g/mol. The Morgan fingerprint density at radius 3 is 2.64 bits per heavy atom. The Labute approximate surface area is 168 Å². The molecule has 0 aliphatic rings. The lowest BCUT2D eigenvalue weighted by molar-refractivity contribution is 0.271. The fraction of sp³-hybridized carbons (Fsp3) is 0.571. The summed E-state index contributed by atoms with van der Waals surface area (Å²) in [5.74, 6) is 3.30. The summed E-state index contributed by atoms with van der Waals surface area (Å²) < 4.78 is 7.80. The van der Waals surface area contributed by atoms with E-state index in [4.69, 9.17) is 4.74 Å². The van der Waals surface area contributed by atoms with E-state index in [1.165, 1.54) is 5.56 Å². The van der Waals surface area contributed by atoms with E-state index in [-0.39, 0.29) is 0 Å². The smallest absolute Gasteiger partial charge is 0.191 e. The Hall–Kier alpha value is -2.57. The first kappa shape index (κ1) is 21.7. The zero-order valence-corrected chi connectivity index (χ0v) is 17.6. The fourth-order valence-electron chi connectivity index (χ4n) is 2.69. The van der Waals surface area contributed by atoms with Gasteiger partial charge in [-0.15, -0.1) is 10.2 Å². The number of nitrogens with zero attached hydrogens (tertiary/aromatic N) is 4. The Balaban J connectivity index is 1.78. The Bertz CT molecular complexity index is 708. The predicted octanol–water partition coefficient (Wildman–Crippen LogP) is 2.67. The molecule has 0 fully saturated rings. The summed E-state index contributed by atoms with van der Waals surface area (Å²) in [5.41, 5.74) is 1.26. The lowest BCUT2D eigenvalue weighted by Crippen LogP contribution is -2.39. The summed E-state index contributed by atoms with van der Waals surface area (Å²) >= 11 is 0. The lowest BCUT2D eigenvalue weighted by Gasteiger charge is -2.12. The minimum Gasteiger partial charge on any atom is -0.493 e. The minimum atomic E-state index is 0.532. The molecule has 7 heteroatoms. The first-order valence-electron chi connectivity index (χ1n) is 10.2. The van der Waals surface area contributed by atoms with E-state index in [2.05, 4.69) is 70.2 Å². The second-order valence-electron chi connectivity index (χ2n) is 7.08. The summed E-state index contributed by atoms with van der Waals surface area (Å²) in [7, 11) is 0. The zero-order chi connectivity index (χ0) is 20.2. The van der Waals surface area contributed by atoms with Gasteiger partial charge < -0.3 is 19.9 Å². The molecule has 0 atom stereocenters. The third-order valence-corrected chi connectivity index (χ3v) is 4.18. The van der Waals surface area contributed by atoms with Crippen LogP contribution in [-0.4, -0.2) is 47.0 Å². The highest BCUT2D eigenvalue weighted by molar-refractivity contribution is 5.79. The van der Waals surface area contributed by atoms with Crippen molar-refractivity contribution in [1.29, 1.82) is 0 Å². The summed E-state index contributed by atoms with van der Waals surface area (Å²) in [6.45, 7) is 12.4. The van der Waals surface area contributed by atoms with Gasteiger partial charge in [-0.05, 0) is 37.0 Å². The molecule has 0 aliphatic heterocycles. The van der Waals surface area contributed by atoms with Crippen molar-refractivity contribution >= 4 is 5.96 Å². The average molecular weight is 387 g/mol. The molecule has 28 heavy (non-hydrogen) atoms. The normalized spacial score (nSPS) is 11.7. The number of aromatic nitrogens is 3. The van der Waals surface area contributed by atoms with Crippen LogP contribution in [0.15, 0.2) is 35.6 Å². The first-order chi connectivity index (χ1) is 13.6. The topological polar surface area (TPSA) is 76.4 Å². The van der Waals surface area contributed by atoms with Gasteiger partial charge in [0.05, 0.1) is 6.61 Å². The molecule has 0 unspecified atom stereocenters. The van der Waals surface area contributed by atoms with Crippen LogP contribution in [0.3, 0.4) is 0 Å². The average Bonchev–Trinajstić information content (AvgIpc) is 3.15. The third kappa shape index (κ3) is 7.58. The molecule has 1 aromatic carbocycles. The van der Waals surface area contributed by atoms with E-state index in [0.29, 0.717) is 5.92 Å². The quantitative estimate of drug-likeness (QED) is 0.459. The molecule has 1 heterocycles. The van der Waals surface area contributed by atoms with Crippen molar-refractivity contribution in [1.82, 2.24) is 25.4 Å². The van der Waals surface area contributed by atoms with Crippen molar-refractivity contribution < 1.29 is 4.74 Å². The van der Waals surface area contributed by atoms with Crippen molar-refractivity contribution in [3.8, 4) is 5.75 Å². The first-order valence-corrected chi connectivity index (χ1v) is 10.2. The standard InChI is InChI=1S/C21H34N6O/c1-5-20-26-25-16-27(20)14-13-24-21(22-6-2)23-12-11-18-7-9-19(10-8-18)28-15-17(3)4/h7-10,16-17H,5-6,11-15H2,1-4H3,(H2,22,23,24). The number of aryl methyl sites for hydroxylation is 1. The van der Waals surface area contributed by atoms with Gasteiger partial charge in [-0.1, -0.05) is 32.9 Å². The Morgan fingerprint density at radius 1 is 1.18 bits per heavy atom. The molecule has 0 bridgehead atoms. The minimum absolute atomic E-state index is 0.532. The van der Waals surface area contributed by atoms with E-state index in [9.17, 15) is 0 Å². The van der Waals surface area contributed by atoms with E-state index < -0.39 is 0 Å². The SMILES string of the molecule is CCNC(=NCCc1ccc(OCC(C)C)cc1)NCCn1cnnc1CC. The van der Waals surface area contributed by atoms with Gasteiger partial charge in [0, 0.05) is 32.6 Å². The number of hydrogen-bond acceptors (Lipinski definition) is 4. The highest BCUT2D eigenvalue weighted by Gasteiger charge is 2.03. The monoisotopic (exact) mass is 386 g/mol. The number of hydrogen-bond donors (Lipinski definition) is 2. The van der Waals surface area contributed by atoms with Crippen LogP contribution in [0.2, 0.25) is 0 Å². The van der Waals surface area contributed by atoms with Crippen LogP contribution in [0, 0.1) is 5.92 Å². The molecule has 154 valence electrons. The van der Waals surface area contributed by atoms with Crippen LogP contribution in [0.5, 0.6) is 5.75 Å². The lowest BCUT2D eigenvalue weighted by atomic mass is 10.1. The van der Waals surface area contributed by atoms with Crippen molar-refractivity contribution in [2.45, 2.75) is 47.1 Å².